The topological polar surface area (TPSA) is 129 Å². The van der Waals surface area contributed by atoms with E-state index in [1.54, 1.807) is 0 Å². The van der Waals surface area contributed by atoms with Gasteiger partial charge in [-0.2, -0.15) is 26.3 Å². The van der Waals surface area contributed by atoms with Crippen molar-refractivity contribution in [1.82, 2.24) is 10.6 Å². The van der Waals surface area contributed by atoms with Gasteiger partial charge in [0.1, 0.15) is 18.5 Å². The van der Waals surface area contributed by atoms with Crippen LogP contribution in [0.3, 0.4) is 0 Å². The van der Waals surface area contributed by atoms with Gasteiger partial charge in [0.15, 0.2) is 5.78 Å². The average Bonchev–Trinajstić information content (AvgIpc) is 2.54. The third-order valence-corrected chi connectivity index (χ3v) is 3.79. The van der Waals surface area contributed by atoms with Crippen LogP contribution in [0.4, 0.5) is 26.3 Å². The molecule has 0 aliphatic rings. The summed E-state index contributed by atoms with van der Waals surface area (Å²) in [7, 11) is 1.21. The van der Waals surface area contributed by atoms with Gasteiger partial charge in [-0.1, -0.05) is 0 Å². The van der Waals surface area contributed by atoms with E-state index in [9.17, 15) is 35.9 Å². The number of rotatable bonds is 12. The predicted molar refractivity (Wildman–Crippen MR) is 89.3 cm³/mol. The summed E-state index contributed by atoms with van der Waals surface area (Å²) >= 11 is 0. The lowest BCUT2D eigenvalue weighted by molar-refractivity contribution is -0.319. The number of methoxy groups -OCH3 is 1. The van der Waals surface area contributed by atoms with Crippen LogP contribution in [0, 0.1) is 0 Å². The number of alkyl halides is 6. The second-order valence-corrected chi connectivity index (χ2v) is 6.60. The van der Waals surface area contributed by atoms with E-state index in [1.165, 1.54) is 21.0 Å². The first-order chi connectivity index (χ1) is 13.0. The first-order valence-corrected chi connectivity index (χ1v) is 8.40. The van der Waals surface area contributed by atoms with Crippen molar-refractivity contribution in [3.8, 4) is 0 Å². The molecule has 172 valence electrons. The lowest BCUT2D eigenvalue weighted by Crippen LogP contribution is -2.52. The highest BCUT2D eigenvalue weighted by Gasteiger charge is 2.58. The smallest absolute Gasteiger partial charge is 0.369 e. The number of nitrogens with one attached hydrogen (secondary N) is 2. The van der Waals surface area contributed by atoms with E-state index in [4.69, 9.17) is 16.2 Å². The van der Waals surface area contributed by atoms with Crippen molar-refractivity contribution in [3.63, 3.8) is 0 Å². The highest BCUT2D eigenvalue weighted by atomic mass is 19.4. The van der Waals surface area contributed by atoms with Gasteiger partial charge in [-0.15, -0.1) is 0 Å². The molecule has 0 rings (SSSR count). The zero-order chi connectivity index (χ0) is 23.0. The molecule has 0 radical (unpaired) electrons. The van der Waals surface area contributed by atoms with Crippen molar-refractivity contribution in [3.05, 3.63) is 0 Å². The van der Waals surface area contributed by atoms with Gasteiger partial charge >= 0.3 is 12.4 Å². The van der Waals surface area contributed by atoms with Gasteiger partial charge in [-0.3, -0.25) is 14.9 Å². The number of amides is 1. The number of hydrogen-bond acceptors (Lipinski definition) is 7. The van der Waals surface area contributed by atoms with Gasteiger partial charge in [-0.25, -0.2) is 0 Å². The Hall–Kier alpha value is -1.48. The van der Waals surface area contributed by atoms with E-state index in [-0.39, 0.29) is 19.4 Å². The molecule has 29 heavy (non-hydrogen) atoms. The van der Waals surface area contributed by atoms with Crippen LogP contribution in [0.1, 0.15) is 26.7 Å². The van der Waals surface area contributed by atoms with Gasteiger partial charge in [0.25, 0.3) is 5.91 Å². The molecule has 0 aromatic heterocycles. The molecule has 0 saturated heterocycles. The maximum atomic E-state index is 12.5. The van der Waals surface area contributed by atoms with Gasteiger partial charge in [0.05, 0.1) is 6.04 Å². The first-order valence-electron chi connectivity index (χ1n) is 8.40. The Morgan fingerprint density at radius 3 is 1.97 bits per heavy atom. The second kappa shape index (κ2) is 11.1. The molecule has 0 saturated carbocycles. The van der Waals surface area contributed by atoms with Crippen molar-refractivity contribution in [2.45, 2.75) is 63.1 Å². The third-order valence-electron chi connectivity index (χ3n) is 3.79. The van der Waals surface area contributed by atoms with Gasteiger partial charge < -0.3 is 26.3 Å². The van der Waals surface area contributed by atoms with Crippen LogP contribution in [0.5, 0.6) is 0 Å². The Morgan fingerprint density at radius 2 is 1.55 bits per heavy atom. The van der Waals surface area contributed by atoms with Crippen LogP contribution in [0.15, 0.2) is 0 Å². The number of ketones is 1. The number of nitrogens with two attached hydrogens (primary N) is 2. The number of Topliss-reactive ketones (excluding diaryl/α,β-unsaturated/α-hetero) is 1. The number of carbonyl (C=O) groups is 2. The third kappa shape index (κ3) is 10.2. The number of carbonyl (C=O) groups excluding carboxylic acids is 2. The van der Waals surface area contributed by atoms with Crippen molar-refractivity contribution in [2.75, 3.05) is 20.3 Å². The molecule has 0 fully saturated rings. The fourth-order valence-electron chi connectivity index (χ4n) is 1.95. The average molecular weight is 440 g/mol. The van der Waals surface area contributed by atoms with Crippen LogP contribution in [-0.2, 0) is 19.1 Å². The van der Waals surface area contributed by atoms with E-state index in [0.29, 0.717) is 0 Å². The fraction of sp³-hybridized carbons (Fsp3) is 0.867. The predicted octanol–water partition coefficient (Wildman–Crippen LogP) is 0.546. The summed E-state index contributed by atoms with van der Waals surface area (Å²) in [5.74, 6) is -1.95. The summed E-state index contributed by atoms with van der Waals surface area (Å²) in [5, 5.41) is 4.85. The van der Waals surface area contributed by atoms with E-state index in [1.807, 2.05) is 0 Å². The highest BCUT2D eigenvalue weighted by molar-refractivity contribution is 5.92. The second-order valence-electron chi connectivity index (χ2n) is 6.60. The van der Waals surface area contributed by atoms with Crippen molar-refractivity contribution < 1.29 is 45.4 Å². The number of hydrogen-bond donors (Lipinski definition) is 4. The van der Waals surface area contributed by atoms with Crippen molar-refractivity contribution in [2.24, 2.45) is 11.5 Å². The fourth-order valence-corrected chi connectivity index (χ4v) is 1.95. The largest absolute Gasteiger partial charge is 0.423 e. The van der Waals surface area contributed by atoms with Gasteiger partial charge in [-0.05, 0) is 33.2 Å². The monoisotopic (exact) mass is 440 g/mol. The molecular weight excluding hydrogens is 414 g/mol. The SMILES string of the molecule is COC(C)(C)C(=O)N[C@@H](CCCNC(N)N)C(=O)COC(C(F)(F)F)C(F)(F)F. The van der Waals surface area contributed by atoms with Crippen molar-refractivity contribution >= 4 is 11.7 Å². The Labute approximate surface area is 163 Å². The van der Waals surface area contributed by atoms with Crippen LogP contribution in [-0.4, -0.2) is 68.3 Å². The summed E-state index contributed by atoms with van der Waals surface area (Å²) in [6.45, 7) is 1.39. The van der Waals surface area contributed by atoms with E-state index >= 15 is 0 Å². The molecule has 0 heterocycles. The molecule has 1 amide bonds. The maximum absolute atomic E-state index is 12.5. The van der Waals surface area contributed by atoms with E-state index in [2.05, 4.69) is 15.4 Å². The minimum Gasteiger partial charge on any atom is -0.369 e. The number of halogens is 6. The van der Waals surface area contributed by atoms with Gasteiger partial charge in [0.2, 0.25) is 6.10 Å². The molecular formula is C15H26F6N4O4. The van der Waals surface area contributed by atoms with Crippen molar-refractivity contribution in [1.29, 1.82) is 0 Å². The van der Waals surface area contributed by atoms with Gasteiger partial charge in [0, 0.05) is 7.11 Å². The molecule has 1 atom stereocenters. The number of ether oxygens (including phenoxy) is 2. The summed E-state index contributed by atoms with van der Waals surface area (Å²) in [4.78, 5) is 24.4. The summed E-state index contributed by atoms with van der Waals surface area (Å²) in [6.07, 6.45) is -16.4. The minimum absolute atomic E-state index is 0.115. The standard InChI is InChI=1S/C15H26F6N4O4/c1-13(2,28-3)11(27)25-8(5-4-6-24-12(22)23)9(26)7-29-10(14(16,17)18)15(19,20)21/h8,10,12,24H,4-7,22-23H2,1-3H3,(H,25,27)/t8-/m0/s1. The first kappa shape index (κ1) is 27.5. The van der Waals surface area contributed by atoms with Crippen LogP contribution in [0.25, 0.3) is 0 Å². The molecule has 6 N–H and O–H groups in total. The van der Waals surface area contributed by atoms with Crippen LogP contribution >= 0.6 is 0 Å². The van der Waals surface area contributed by atoms with E-state index in [0.717, 1.165) is 0 Å². The molecule has 0 spiro atoms. The molecule has 0 aliphatic heterocycles. The lowest BCUT2D eigenvalue weighted by atomic mass is 10.0. The molecule has 14 heteroatoms. The lowest BCUT2D eigenvalue weighted by Gasteiger charge is -2.27. The Bertz CT molecular complexity index is 526. The summed E-state index contributed by atoms with van der Waals surface area (Å²) in [6, 6.07) is -1.41. The summed E-state index contributed by atoms with van der Waals surface area (Å²) in [5.41, 5.74) is 9.14. The maximum Gasteiger partial charge on any atom is 0.423 e. The van der Waals surface area contributed by atoms with Crippen LogP contribution in [0.2, 0.25) is 0 Å². The Morgan fingerprint density at radius 1 is 1.03 bits per heavy atom. The normalized spacial score (nSPS) is 14.4. The molecule has 0 unspecified atom stereocenters. The molecule has 0 aromatic carbocycles. The van der Waals surface area contributed by atoms with Crippen LogP contribution < -0.4 is 22.1 Å². The molecule has 0 aromatic rings. The van der Waals surface area contributed by atoms with E-state index < -0.39 is 54.7 Å². The zero-order valence-corrected chi connectivity index (χ0v) is 16.1. The highest BCUT2D eigenvalue weighted by Crippen LogP contribution is 2.35. The Kier molecular flexibility index (Phi) is 10.5. The molecule has 0 aliphatic carbocycles. The minimum atomic E-state index is -5.75. The quantitative estimate of drug-likeness (QED) is 0.198. The Balaban J connectivity index is 5.18. The molecule has 8 nitrogen and oxygen atoms in total. The zero-order valence-electron chi connectivity index (χ0n) is 16.1. The molecule has 0 bridgehead atoms. The summed E-state index contributed by atoms with van der Waals surface area (Å²) < 4.78 is 83.9.